The van der Waals surface area contributed by atoms with Gasteiger partial charge in [-0.15, -0.1) is 0 Å². The lowest BCUT2D eigenvalue weighted by atomic mass is 10.1. The van der Waals surface area contributed by atoms with Crippen LogP contribution in [-0.2, 0) is 30.3 Å². The van der Waals surface area contributed by atoms with E-state index in [1.54, 1.807) is 38.6 Å². The van der Waals surface area contributed by atoms with Crippen molar-refractivity contribution in [2.24, 2.45) is 4.74 Å². The smallest absolute Gasteiger partial charge is 0.359 e. The lowest BCUT2D eigenvalue weighted by Gasteiger charge is -2.23. The van der Waals surface area contributed by atoms with Gasteiger partial charge in [-0.1, -0.05) is 11.7 Å². The maximum Gasteiger partial charge on any atom is 0.359 e. The molecule has 0 bridgehead atoms. The van der Waals surface area contributed by atoms with Crippen molar-refractivity contribution in [2.45, 2.75) is 84.3 Å². The summed E-state index contributed by atoms with van der Waals surface area (Å²) in [7, 11) is -2.57. The molecule has 0 radical (unpaired) electrons. The number of esters is 2. The van der Waals surface area contributed by atoms with E-state index in [1.165, 1.54) is 20.2 Å². The number of rotatable bonds is 11. The first-order valence-electron chi connectivity index (χ1n) is 11.4. The topological polar surface area (TPSA) is 167 Å². The van der Waals surface area contributed by atoms with Crippen LogP contribution in [0.3, 0.4) is 0 Å². The molecule has 13 heteroatoms. The van der Waals surface area contributed by atoms with Gasteiger partial charge in [-0.2, -0.15) is 0 Å². The fourth-order valence-corrected chi connectivity index (χ4v) is 4.10. The largest absolute Gasteiger partial charge is 0.611 e. The highest BCUT2D eigenvalue weighted by Crippen LogP contribution is 2.31. The molecule has 3 atom stereocenters. The number of nitrogen functional groups attached to an aromatic ring is 1. The van der Waals surface area contributed by atoms with Gasteiger partial charge in [-0.3, -0.25) is 0 Å². The van der Waals surface area contributed by atoms with Gasteiger partial charge >= 0.3 is 11.9 Å². The third-order valence-corrected chi connectivity index (χ3v) is 6.24. The summed E-state index contributed by atoms with van der Waals surface area (Å²) in [6.07, 6.45) is 3.14. The lowest BCUT2D eigenvalue weighted by Crippen LogP contribution is -2.37. The summed E-state index contributed by atoms with van der Waals surface area (Å²) in [6.45, 7) is 12.1. The second-order valence-corrected chi connectivity index (χ2v) is 11.0. The molecule has 0 saturated carbocycles. The van der Waals surface area contributed by atoms with Crippen molar-refractivity contribution in [1.29, 1.82) is 0 Å². The second kappa shape index (κ2) is 11.8. The van der Waals surface area contributed by atoms with E-state index in [2.05, 4.69) is 19.7 Å². The van der Waals surface area contributed by atoms with Crippen molar-refractivity contribution >= 4 is 36.9 Å². The first kappa shape index (κ1) is 28.5. The summed E-state index contributed by atoms with van der Waals surface area (Å²) in [6, 6.07) is 0. The van der Waals surface area contributed by atoms with Gasteiger partial charge in [0.05, 0.1) is 25.6 Å². The molecule has 2 rings (SSSR count). The average molecular weight is 511 g/mol. The molecule has 2 unspecified atom stereocenters. The van der Waals surface area contributed by atoms with Crippen molar-refractivity contribution in [3.63, 3.8) is 0 Å². The summed E-state index contributed by atoms with van der Waals surface area (Å²) in [5.74, 6) is -1.07. The maximum absolute atomic E-state index is 13.2. The van der Waals surface area contributed by atoms with Gasteiger partial charge in [0.2, 0.25) is 0 Å². The van der Waals surface area contributed by atoms with Gasteiger partial charge in [0.15, 0.2) is 24.9 Å². The number of anilines is 1. The van der Waals surface area contributed by atoms with Gasteiger partial charge in [0.25, 0.3) is 5.66 Å². The molecule has 0 aliphatic rings. The van der Waals surface area contributed by atoms with Crippen molar-refractivity contribution in [3.8, 4) is 0 Å². The standard InChI is InChI=1S/C22H35N6O6P/c1-8-9-32-20(30)22(6,7)27-35(31)15(19(29)34-21(3,4)5)11-33-14(2)10-28-13-26-16-17(23)24-12-25-18(16)28/h12-15H,8-11H2,1-7H3,(H2,23,24,25)/t14-,15?/m1/s1. The number of nitrogens with zero attached hydrogens (tertiary/aromatic N) is 5. The predicted molar refractivity (Wildman–Crippen MR) is 129 cm³/mol. The minimum atomic E-state index is -2.57. The van der Waals surface area contributed by atoms with E-state index in [1.807, 2.05) is 6.92 Å². The van der Waals surface area contributed by atoms with Crippen LogP contribution in [0.15, 0.2) is 17.4 Å². The summed E-state index contributed by atoms with van der Waals surface area (Å²) in [5, 5.41) is 0. The molecule has 0 aromatic carbocycles. The number of ether oxygens (including phenoxy) is 3. The van der Waals surface area contributed by atoms with Crippen LogP contribution in [0.4, 0.5) is 5.82 Å². The Kier molecular flexibility index (Phi) is 9.65. The van der Waals surface area contributed by atoms with Gasteiger partial charge in [0.1, 0.15) is 24.1 Å². The predicted octanol–water partition coefficient (Wildman–Crippen LogP) is 2.20. The van der Waals surface area contributed by atoms with E-state index in [-0.39, 0.29) is 19.0 Å². The van der Waals surface area contributed by atoms with Gasteiger partial charge in [-0.25, -0.2) is 24.5 Å². The van der Waals surface area contributed by atoms with Crippen LogP contribution >= 0.6 is 7.94 Å². The average Bonchev–Trinajstić information content (AvgIpc) is 3.14. The zero-order valence-corrected chi connectivity index (χ0v) is 22.2. The van der Waals surface area contributed by atoms with Gasteiger partial charge in [-0.05, 0) is 48.0 Å². The Morgan fingerprint density at radius 2 is 1.91 bits per heavy atom. The van der Waals surface area contributed by atoms with Crippen LogP contribution in [0.25, 0.3) is 11.2 Å². The van der Waals surface area contributed by atoms with E-state index < -0.39 is 42.8 Å². The van der Waals surface area contributed by atoms with Crippen molar-refractivity contribution in [1.82, 2.24) is 19.5 Å². The third kappa shape index (κ3) is 8.19. The van der Waals surface area contributed by atoms with E-state index >= 15 is 0 Å². The van der Waals surface area contributed by atoms with Crippen LogP contribution < -0.4 is 10.6 Å². The fraction of sp³-hybridized carbons (Fsp3) is 0.682. The highest BCUT2D eigenvalue weighted by atomic mass is 31.1. The molecular formula is C22H35N6O6P. The number of aromatic nitrogens is 4. The lowest BCUT2D eigenvalue weighted by molar-refractivity contribution is -0.170. The molecular weight excluding hydrogens is 475 g/mol. The van der Waals surface area contributed by atoms with Crippen molar-refractivity contribution in [3.05, 3.63) is 12.7 Å². The fourth-order valence-electron chi connectivity index (χ4n) is 2.94. The summed E-state index contributed by atoms with van der Waals surface area (Å²) in [4.78, 5) is 50.7. The molecule has 194 valence electrons. The number of imidazole rings is 1. The van der Waals surface area contributed by atoms with Gasteiger partial charge in [0, 0.05) is 0 Å². The highest BCUT2D eigenvalue weighted by Gasteiger charge is 2.39. The minimum Gasteiger partial charge on any atom is -0.611 e. The number of hydrogen-bond donors (Lipinski definition) is 1. The first-order valence-corrected chi connectivity index (χ1v) is 12.7. The van der Waals surface area contributed by atoms with E-state index in [4.69, 9.17) is 19.9 Å². The number of carbonyl (C=O) groups is 2. The molecule has 2 aromatic heterocycles. The van der Waals surface area contributed by atoms with Crippen molar-refractivity contribution in [2.75, 3.05) is 18.9 Å². The van der Waals surface area contributed by atoms with Gasteiger partial charge < -0.3 is 29.4 Å². The summed E-state index contributed by atoms with van der Waals surface area (Å²) in [5.41, 5.74) is 3.44. The zero-order valence-electron chi connectivity index (χ0n) is 21.3. The first-order chi connectivity index (χ1) is 16.2. The molecule has 0 fully saturated rings. The van der Waals surface area contributed by atoms with Crippen LogP contribution in [0.2, 0.25) is 0 Å². The quantitative estimate of drug-likeness (QED) is 0.349. The molecule has 0 aliphatic heterocycles. The van der Waals surface area contributed by atoms with E-state index in [0.717, 1.165) is 0 Å². The molecule has 0 spiro atoms. The van der Waals surface area contributed by atoms with E-state index in [9.17, 15) is 14.5 Å². The number of fused-ring (bicyclic) bond motifs is 1. The maximum atomic E-state index is 13.2. The van der Waals surface area contributed by atoms with Crippen LogP contribution in [0, 0.1) is 0 Å². The van der Waals surface area contributed by atoms with Crippen LogP contribution in [0.5, 0.6) is 0 Å². The van der Waals surface area contributed by atoms with Crippen molar-refractivity contribution < 1.29 is 28.7 Å². The molecule has 0 amide bonds. The summed E-state index contributed by atoms with van der Waals surface area (Å²) >= 11 is 0. The van der Waals surface area contributed by atoms with Crippen LogP contribution in [-0.4, -0.2) is 67.6 Å². The zero-order chi connectivity index (χ0) is 26.4. The summed E-state index contributed by atoms with van der Waals surface area (Å²) < 4.78 is 22.3. The van der Waals surface area contributed by atoms with Crippen LogP contribution in [0.1, 0.15) is 54.9 Å². The third-order valence-electron chi connectivity index (χ3n) is 4.65. The Morgan fingerprint density at radius 1 is 1.23 bits per heavy atom. The van der Waals surface area contributed by atoms with E-state index in [0.29, 0.717) is 24.1 Å². The SMILES string of the molecule is CCCOC(=O)C(C)(C)N=[P+]([O-])C(CO[C@H](C)Cn1cnc2c(N)ncnc21)C(=O)OC(C)(C)C. The Hall–Kier alpha value is -2.69. The number of carbonyl (C=O) groups excluding carboxylic acids is 2. The molecule has 2 aromatic rings. The monoisotopic (exact) mass is 510 g/mol. The molecule has 2 heterocycles. The molecule has 0 aliphatic carbocycles. The Balaban J connectivity index is 2.18. The minimum absolute atomic E-state index is 0.224. The molecule has 12 nitrogen and oxygen atoms in total. The Bertz CT molecular complexity index is 1060. The molecule has 0 saturated heterocycles. The number of nitrogens with two attached hydrogens (primary N) is 1. The number of hydrogen-bond acceptors (Lipinski definition) is 11. The Labute approximate surface area is 206 Å². The molecule has 35 heavy (non-hydrogen) atoms. The Morgan fingerprint density at radius 3 is 2.54 bits per heavy atom. The normalized spacial score (nSPS) is 14.6. The molecule has 2 N–H and O–H groups in total. The highest BCUT2D eigenvalue weighted by molar-refractivity contribution is 7.41. The second-order valence-electron chi connectivity index (χ2n) is 9.62.